The van der Waals surface area contributed by atoms with E-state index in [1.165, 1.54) is 11.3 Å². The van der Waals surface area contributed by atoms with Crippen LogP contribution in [-0.4, -0.2) is 20.9 Å². The summed E-state index contributed by atoms with van der Waals surface area (Å²) in [6.45, 7) is 2.03. The predicted octanol–water partition coefficient (Wildman–Crippen LogP) is 4.94. The lowest BCUT2D eigenvalue weighted by molar-refractivity contribution is 0.102. The number of nitrogens with zero attached hydrogens (tertiary/aromatic N) is 1. The van der Waals surface area contributed by atoms with Gasteiger partial charge in [-0.1, -0.05) is 18.2 Å². The Balaban J connectivity index is 1.65. The maximum Gasteiger partial charge on any atom is 0.273 e. The van der Waals surface area contributed by atoms with Crippen molar-refractivity contribution in [3.05, 3.63) is 57.8 Å². The van der Waals surface area contributed by atoms with Crippen LogP contribution in [0.4, 0.5) is 5.13 Å². The molecule has 24 heavy (non-hydrogen) atoms. The number of para-hydroxylation sites is 1. The van der Waals surface area contributed by atoms with Crippen LogP contribution in [-0.2, 0) is 0 Å². The number of hydrogen-bond donors (Lipinski definition) is 3. The number of carbonyl (C=O) groups excluding carboxylic acids is 1. The van der Waals surface area contributed by atoms with Crippen LogP contribution in [0.25, 0.3) is 22.2 Å². The van der Waals surface area contributed by atoms with E-state index >= 15 is 0 Å². The molecular weight excluding hydrogens is 388 g/mol. The molecule has 120 valence electrons. The first-order valence-electron chi connectivity index (χ1n) is 7.30. The minimum absolute atomic E-state index is 0.211. The van der Waals surface area contributed by atoms with Crippen molar-refractivity contribution in [2.45, 2.75) is 6.92 Å². The Labute approximate surface area is 150 Å². The number of hydrogen-bond acceptors (Lipinski definition) is 3. The SMILES string of the molecule is Cc1[nH]c2ccccc2c1-c1csc(NC(=O)c2cc(Br)c[nH]2)n1. The molecule has 0 fully saturated rings. The molecule has 0 atom stereocenters. The van der Waals surface area contributed by atoms with Gasteiger partial charge in [0.1, 0.15) is 5.69 Å². The molecule has 0 saturated carbocycles. The largest absolute Gasteiger partial charge is 0.358 e. The van der Waals surface area contributed by atoms with Crippen molar-refractivity contribution in [2.75, 3.05) is 5.32 Å². The Morgan fingerprint density at radius 3 is 2.96 bits per heavy atom. The van der Waals surface area contributed by atoms with E-state index in [2.05, 4.69) is 42.3 Å². The smallest absolute Gasteiger partial charge is 0.273 e. The molecule has 0 bridgehead atoms. The summed E-state index contributed by atoms with van der Waals surface area (Å²) < 4.78 is 0.835. The maximum atomic E-state index is 12.2. The fraction of sp³-hybridized carbons (Fsp3) is 0.0588. The van der Waals surface area contributed by atoms with E-state index < -0.39 is 0 Å². The highest BCUT2D eigenvalue weighted by Crippen LogP contribution is 2.33. The molecule has 0 aliphatic heterocycles. The fourth-order valence-electron chi connectivity index (χ4n) is 2.72. The van der Waals surface area contributed by atoms with Crippen LogP contribution in [0.15, 0.2) is 46.4 Å². The zero-order valence-electron chi connectivity index (χ0n) is 12.7. The van der Waals surface area contributed by atoms with E-state index in [4.69, 9.17) is 0 Å². The second-order valence-electron chi connectivity index (χ2n) is 5.39. The molecule has 0 spiro atoms. The summed E-state index contributed by atoms with van der Waals surface area (Å²) in [5.41, 5.74) is 4.57. The maximum absolute atomic E-state index is 12.2. The molecule has 0 unspecified atom stereocenters. The van der Waals surface area contributed by atoms with Crippen LogP contribution in [0.3, 0.4) is 0 Å². The average Bonchev–Trinajstić information content (AvgIpc) is 3.25. The van der Waals surface area contributed by atoms with Crippen molar-refractivity contribution < 1.29 is 4.79 Å². The average molecular weight is 401 g/mol. The molecule has 4 aromatic rings. The minimum Gasteiger partial charge on any atom is -0.358 e. The molecule has 3 N–H and O–H groups in total. The molecule has 4 rings (SSSR count). The number of aromatic nitrogens is 3. The lowest BCUT2D eigenvalue weighted by Gasteiger charge is -1.99. The van der Waals surface area contributed by atoms with E-state index in [9.17, 15) is 4.79 Å². The Kier molecular flexibility index (Phi) is 3.74. The number of anilines is 1. The number of nitrogens with one attached hydrogen (secondary N) is 3. The van der Waals surface area contributed by atoms with Gasteiger partial charge in [-0.2, -0.15) is 0 Å². The highest BCUT2D eigenvalue weighted by molar-refractivity contribution is 9.10. The number of benzene rings is 1. The number of halogens is 1. The number of aromatic amines is 2. The van der Waals surface area contributed by atoms with E-state index in [0.29, 0.717) is 10.8 Å². The van der Waals surface area contributed by atoms with E-state index in [-0.39, 0.29) is 5.91 Å². The van der Waals surface area contributed by atoms with Gasteiger partial charge in [-0.3, -0.25) is 10.1 Å². The van der Waals surface area contributed by atoms with Crippen LogP contribution >= 0.6 is 27.3 Å². The van der Waals surface area contributed by atoms with Crippen LogP contribution in [0.2, 0.25) is 0 Å². The molecule has 3 heterocycles. The van der Waals surface area contributed by atoms with E-state index in [1.807, 2.05) is 30.5 Å². The quantitative estimate of drug-likeness (QED) is 0.455. The van der Waals surface area contributed by atoms with Crippen molar-refractivity contribution in [2.24, 2.45) is 0 Å². The molecule has 0 aliphatic rings. The van der Waals surface area contributed by atoms with Crippen LogP contribution in [0, 0.1) is 6.92 Å². The standard InChI is InChI=1S/C17H13BrN4OS/c1-9-15(11-4-2-3-5-12(11)20-9)14-8-24-17(21-14)22-16(23)13-6-10(18)7-19-13/h2-8,19-20H,1H3,(H,21,22,23). The first kappa shape index (κ1) is 15.2. The molecule has 1 aromatic carbocycles. The third-order valence-corrected chi connectivity index (χ3v) is 4.98. The van der Waals surface area contributed by atoms with Crippen molar-refractivity contribution in [3.63, 3.8) is 0 Å². The van der Waals surface area contributed by atoms with Crippen molar-refractivity contribution in [3.8, 4) is 11.3 Å². The van der Waals surface area contributed by atoms with Crippen molar-refractivity contribution in [1.29, 1.82) is 0 Å². The van der Waals surface area contributed by atoms with E-state index in [0.717, 1.165) is 32.3 Å². The monoisotopic (exact) mass is 400 g/mol. The second kappa shape index (κ2) is 5.92. The minimum atomic E-state index is -0.211. The molecule has 3 aromatic heterocycles. The van der Waals surface area contributed by atoms with Gasteiger partial charge in [-0.15, -0.1) is 11.3 Å². The van der Waals surface area contributed by atoms with Gasteiger partial charge in [0.25, 0.3) is 5.91 Å². The summed E-state index contributed by atoms with van der Waals surface area (Å²) in [5.74, 6) is -0.211. The Bertz CT molecular complexity index is 1050. The zero-order valence-corrected chi connectivity index (χ0v) is 15.1. The van der Waals surface area contributed by atoms with Crippen molar-refractivity contribution in [1.82, 2.24) is 15.0 Å². The molecule has 5 nitrogen and oxygen atoms in total. The predicted molar refractivity (Wildman–Crippen MR) is 101 cm³/mol. The summed E-state index contributed by atoms with van der Waals surface area (Å²) in [6, 6.07) is 9.86. The number of thiazole rings is 1. The highest BCUT2D eigenvalue weighted by atomic mass is 79.9. The molecule has 7 heteroatoms. The summed E-state index contributed by atoms with van der Waals surface area (Å²) in [4.78, 5) is 23.1. The number of carbonyl (C=O) groups is 1. The number of fused-ring (bicyclic) bond motifs is 1. The van der Waals surface area contributed by atoms with Gasteiger partial charge in [-0.05, 0) is 35.0 Å². The molecule has 1 amide bonds. The van der Waals surface area contributed by atoms with Crippen LogP contribution in [0.5, 0.6) is 0 Å². The lowest BCUT2D eigenvalue weighted by atomic mass is 10.1. The summed E-state index contributed by atoms with van der Waals surface area (Å²) in [5, 5.41) is 6.49. The topological polar surface area (TPSA) is 73.6 Å². The Morgan fingerprint density at radius 1 is 1.33 bits per heavy atom. The number of amides is 1. The number of aryl methyl sites for hydroxylation is 1. The highest BCUT2D eigenvalue weighted by Gasteiger charge is 2.15. The molecule has 0 saturated heterocycles. The van der Waals surface area contributed by atoms with Gasteiger partial charge in [0.2, 0.25) is 0 Å². The fourth-order valence-corrected chi connectivity index (χ4v) is 3.76. The van der Waals surface area contributed by atoms with Crippen LogP contribution < -0.4 is 5.32 Å². The van der Waals surface area contributed by atoms with Crippen molar-refractivity contribution >= 4 is 49.2 Å². The van der Waals surface area contributed by atoms with Gasteiger partial charge >= 0.3 is 0 Å². The van der Waals surface area contributed by atoms with Gasteiger partial charge in [0.05, 0.1) is 5.69 Å². The lowest BCUT2D eigenvalue weighted by Crippen LogP contribution is -2.11. The van der Waals surface area contributed by atoms with E-state index in [1.54, 1.807) is 12.3 Å². The third-order valence-electron chi connectivity index (χ3n) is 3.77. The summed E-state index contributed by atoms with van der Waals surface area (Å²) in [6.07, 6.45) is 1.72. The molecule has 0 radical (unpaired) electrons. The zero-order chi connectivity index (χ0) is 16.7. The number of rotatable bonds is 3. The first-order valence-corrected chi connectivity index (χ1v) is 8.97. The summed E-state index contributed by atoms with van der Waals surface area (Å²) in [7, 11) is 0. The van der Waals surface area contributed by atoms with Gasteiger partial charge in [0.15, 0.2) is 5.13 Å². The summed E-state index contributed by atoms with van der Waals surface area (Å²) >= 11 is 4.73. The molecule has 0 aliphatic carbocycles. The first-order chi connectivity index (χ1) is 11.6. The number of H-pyrrole nitrogens is 2. The van der Waals surface area contributed by atoms with Gasteiger partial charge in [0, 0.05) is 38.2 Å². The van der Waals surface area contributed by atoms with Gasteiger partial charge in [-0.25, -0.2) is 4.98 Å². The van der Waals surface area contributed by atoms with Crippen LogP contribution in [0.1, 0.15) is 16.2 Å². The Morgan fingerprint density at radius 2 is 2.17 bits per heavy atom. The third kappa shape index (κ3) is 2.65. The normalized spacial score (nSPS) is 11.1. The second-order valence-corrected chi connectivity index (χ2v) is 7.17. The molecular formula is C17H13BrN4OS. The van der Waals surface area contributed by atoms with Gasteiger partial charge < -0.3 is 9.97 Å². The Hall–Kier alpha value is -2.38.